The standard InChI is InChI=1S/C34H41F3N6O6S/c1-47-29-9-5-4-8-27(29)42-20-24(39-40-42)22-49-26-19-28-32(44)38-33(12-15-41(16-13-33)25-6-2-3-7-25)14-17-48-30-11-10-23(34(35,36)37)18-31(30)50(45,46)43(28)21-26/h4-5,8-11,18,20,25-26,28H,2-3,6-7,12-17,19,21-22H2,1H3,(H,38,44)/t26-,28+/m1/s1. The van der Waals surface area contributed by atoms with Crippen LogP contribution in [0.2, 0.25) is 0 Å². The third kappa shape index (κ3) is 6.94. The van der Waals surface area contributed by atoms with E-state index in [1.54, 1.807) is 19.4 Å². The quantitative estimate of drug-likeness (QED) is 0.397. The molecule has 4 aliphatic rings. The molecule has 0 bridgehead atoms. The highest BCUT2D eigenvalue weighted by Crippen LogP contribution is 2.40. The molecule has 1 N–H and O–H groups in total. The van der Waals surface area contributed by atoms with Gasteiger partial charge in [-0.1, -0.05) is 30.2 Å². The number of hydrogen-bond acceptors (Lipinski definition) is 9. The van der Waals surface area contributed by atoms with Crippen molar-refractivity contribution in [2.24, 2.45) is 0 Å². The number of benzene rings is 2. The van der Waals surface area contributed by atoms with E-state index in [2.05, 4.69) is 20.5 Å². The van der Waals surface area contributed by atoms with Gasteiger partial charge in [0.1, 0.15) is 33.8 Å². The summed E-state index contributed by atoms with van der Waals surface area (Å²) in [6.07, 6.45) is 2.54. The first-order valence-electron chi connectivity index (χ1n) is 17.0. The van der Waals surface area contributed by atoms with Crippen LogP contribution in [0.3, 0.4) is 0 Å². The minimum absolute atomic E-state index is 0.00510. The molecule has 2 atom stereocenters. The van der Waals surface area contributed by atoms with Crippen molar-refractivity contribution in [2.75, 3.05) is 33.4 Å². The summed E-state index contributed by atoms with van der Waals surface area (Å²) < 4.78 is 90.0. The smallest absolute Gasteiger partial charge is 0.416 e. The van der Waals surface area contributed by atoms with Crippen LogP contribution in [0.25, 0.3) is 5.69 Å². The molecule has 50 heavy (non-hydrogen) atoms. The van der Waals surface area contributed by atoms with Crippen LogP contribution < -0.4 is 14.8 Å². The van der Waals surface area contributed by atoms with Gasteiger partial charge in [-0.2, -0.15) is 17.5 Å². The van der Waals surface area contributed by atoms with Crippen molar-refractivity contribution in [3.05, 3.63) is 59.9 Å². The maximum absolute atomic E-state index is 14.3. The van der Waals surface area contributed by atoms with Crippen LogP contribution in [-0.2, 0) is 32.3 Å². The zero-order valence-electron chi connectivity index (χ0n) is 27.8. The Bertz CT molecular complexity index is 1810. The molecule has 1 amide bonds. The summed E-state index contributed by atoms with van der Waals surface area (Å²) in [5.41, 5.74) is -0.671. The molecule has 0 radical (unpaired) electrons. The first kappa shape index (κ1) is 34.7. The molecule has 2 saturated heterocycles. The third-order valence-electron chi connectivity index (χ3n) is 10.5. The van der Waals surface area contributed by atoms with Gasteiger partial charge in [0.05, 0.1) is 38.2 Å². The van der Waals surface area contributed by atoms with Crippen LogP contribution in [-0.4, -0.2) is 95.6 Å². The fourth-order valence-corrected chi connectivity index (χ4v) is 9.54. The van der Waals surface area contributed by atoms with E-state index in [9.17, 15) is 26.4 Å². The van der Waals surface area contributed by atoms with Gasteiger partial charge in [-0.05, 0) is 56.0 Å². The second-order valence-corrected chi connectivity index (χ2v) is 15.4. The molecule has 1 saturated carbocycles. The number of fused-ring (bicyclic) bond motifs is 2. The van der Waals surface area contributed by atoms with Crippen LogP contribution >= 0.6 is 0 Å². The van der Waals surface area contributed by atoms with Gasteiger partial charge in [0, 0.05) is 44.1 Å². The first-order valence-corrected chi connectivity index (χ1v) is 18.5. The predicted octanol–water partition coefficient (Wildman–Crippen LogP) is 4.32. The zero-order valence-corrected chi connectivity index (χ0v) is 28.6. The van der Waals surface area contributed by atoms with E-state index in [0.29, 0.717) is 48.5 Å². The van der Waals surface area contributed by atoms with Crippen LogP contribution in [0.5, 0.6) is 11.5 Å². The lowest BCUT2D eigenvalue weighted by Crippen LogP contribution is -2.60. The molecule has 270 valence electrons. The lowest BCUT2D eigenvalue weighted by atomic mass is 9.83. The molecule has 1 aromatic heterocycles. The van der Waals surface area contributed by atoms with Gasteiger partial charge in [0.15, 0.2) is 0 Å². The Labute approximate surface area is 288 Å². The largest absolute Gasteiger partial charge is 0.494 e. The summed E-state index contributed by atoms with van der Waals surface area (Å²) in [7, 11) is -3.11. The van der Waals surface area contributed by atoms with Crippen molar-refractivity contribution in [3.8, 4) is 17.2 Å². The Morgan fingerprint density at radius 2 is 1.84 bits per heavy atom. The topological polar surface area (TPSA) is 128 Å². The van der Waals surface area contributed by atoms with E-state index in [-0.39, 0.29) is 31.9 Å². The number of methoxy groups -OCH3 is 1. The molecule has 16 heteroatoms. The fourth-order valence-electron chi connectivity index (χ4n) is 7.75. The number of hydrogen-bond donors (Lipinski definition) is 1. The maximum atomic E-state index is 14.3. The molecule has 0 unspecified atom stereocenters. The maximum Gasteiger partial charge on any atom is 0.416 e. The van der Waals surface area contributed by atoms with E-state index >= 15 is 0 Å². The Balaban J connectivity index is 1.16. The highest BCUT2D eigenvalue weighted by atomic mass is 32.2. The number of piperidine rings is 1. The number of halogens is 3. The van der Waals surface area contributed by atoms with E-state index in [1.807, 2.05) is 18.2 Å². The molecule has 4 heterocycles. The SMILES string of the molecule is COc1ccccc1-n1cc(CO[C@@H]2C[C@H]3C(=O)NC4(CCOc5ccc(C(F)(F)F)cc5S(=O)(=O)N3C2)CCN(C2CCCC2)CC4)nn1. The van der Waals surface area contributed by atoms with Gasteiger partial charge < -0.3 is 24.4 Å². The summed E-state index contributed by atoms with van der Waals surface area (Å²) in [4.78, 5) is 16.0. The summed E-state index contributed by atoms with van der Waals surface area (Å²) >= 11 is 0. The third-order valence-corrected chi connectivity index (χ3v) is 12.4. The number of ether oxygens (including phenoxy) is 3. The minimum atomic E-state index is -4.79. The lowest BCUT2D eigenvalue weighted by Gasteiger charge is -2.45. The molecule has 1 spiro atoms. The number of carbonyl (C=O) groups is 1. The molecule has 3 aliphatic heterocycles. The van der Waals surface area contributed by atoms with Crippen molar-refractivity contribution in [1.29, 1.82) is 0 Å². The van der Waals surface area contributed by atoms with Crippen molar-refractivity contribution < 1.29 is 40.6 Å². The van der Waals surface area contributed by atoms with Gasteiger partial charge >= 0.3 is 6.18 Å². The summed E-state index contributed by atoms with van der Waals surface area (Å²) in [6.45, 7) is 1.30. The van der Waals surface area contributed by atoms with Crippen LogP contribution in [0.4, 0.5) is 13.2 Å². The van der Waals surface area contributed by atoms with E-state index < -0.39 is 50.3 Å². The van der Waals surface area contributed by atoms with Gasteiger partial charge in [-0.3, -0.25) is 4.79 Å². The molecular weight excluding hydrogens is 677 g/mol. The highest BCUT2D eigenvalue weighted by molar-refractivity contribution is 7.89. The van der Waals surface area contributed by atoms with Crippen molar-refractivity contribution in [2.45, 2.75) is 92.8 Å². The number of nitrogens with zero attached hydrogens (tertiary/aromatic N) is 5. The van der Waals surface area contributed by atoms with Gasteiger partial charge in [0.25, 0.3) is 0 Å². The summed E-state index contributed by atoms with van der Waals surface area (Å²) in [6, 6.07) is 9.05. The Morgan fingerprint density at radius 1 is 1.08 bits per heavy atom. The molecule has 3 fully saturated rings. The Kier molecular flexibility index (Phi) is 9.56. The fraction of sp³-hybridized carbons (Fsp3) is 0.559. The second kappa shape index (κ2) is 13.8. The number of carbonyl (C=O) groups excluding carboxylic acids is 1. The Morgan fingerprint density at radius 3 is 2.58 bits per heavy atom. The minimum Gasteiger partial charge on any atom is -0.494 e. The second-order valence-electron chi connectivity index (χ2n) is 13.6. The normalized spacial score (nSPS) is 24.6. The average molecular weight is 719 g/mol. The van der Waals surface area contributed by atoms with E-state index in [0.717, 1.165) is 42.4 Å². The van der Waals surface area contributed by atoms with Crippen LogP contribution in [0, 0.1) is 0 Å². The number of nitrogens with one attached hydrogen (secondary N) is 1. The first-order chi connectivity index (χ1) is 24.0. The van der Waals surface area contributed by atoms with Gasteiger partial charge in [0.2, 0.25) is 15.9 Å². The van der Waals surface area contributed by atoms with E-state index in [4.69, 9.17) is 14.2 Å². The molecular formula is C34H41F3N6O6S. The molecule has 2 aromatic carbocycles. The molecule has 7 rings (SSSR count). The van der Waals surface area contributed by atoms with Crippen LogP contribution in [0.15, 0.2) is 53.6 Å². The average Bonchev–Trinajstić information content (AvgIpc) is 3.89. The number of amides is 1. The predicted molar refractivity (Wildman–Crippen MR) is 174 cm³/mol. The van der Waals surface area contributed by atoms with Crippen molar-refractivity contribution >= 4 is 15.9 Å². The number of rotatable bonds is 6. The summed E-state index contributed by atoms with van der Waals surface area (Å²) in [5.74, 6) is -0.0862. The molecule has 1 aliphatic carbocycles. The molecule has 12 nitrogen and oxygen atoms in total. The number of alkyl halides is 3. The lowest BCUT2D eigenvalue weighted by molar-refractivity contribution is -0.137. The number of aromatic nitrogens is 3. The highest BCUT2D eigenvalue weighted by Gasteiger charge is 2.49. The van der Waals surface area contributed by atoms with Crippen LogP contribution in [0.1, 0.15) is 62.6 Å². The number of likely N-dealkylation sites (tertiary alicyclic amines) is 1. The molecule has 3 aromatic rings. The monoisotopic (exact) mass is 718 g/mol. The van der Waals surface area contributed by atoms with E-state index in [1.165, 1.54) is 17.5 Å². The van der Waals surface area contributed by atoms with Crippen molar-refractivity contribution in [3.63, 3.8) is 0 Å². The number of para-hydroxylation sites is 2. The summed E-state index contributed by atoms with van der Waals surface area (Å²) in [5, 5.41) is 11.6. The van der Waals surface area contributed by atoms with Crippen molar-refractivity contribution in [1.82, 2.24) is 29.5 Å². The van der Waals surface area contributed by atoms with Gasteiger partial charge in [-0.25, -0.2) is 13.1 Å². The number of sulfonamides is 1. The van der Waals surface area contributed by atoms with Gasteiger partial charge in [-0.15, -0.1) is 5.10 Å². The zero-order chi connectivity index (χ0) is 35.1. The Hall–Kier alpha value is -3.73.